The Labute approximate surface area is 198 Å². The highest BCUT2D eigenvalue weighted by atomic mass is 32.2. The molecule has 0 saturated carbocycles. The van der Waals surface area contributed by atoms with E-state index in [0.29, 0.717) is 5.56 Å². The lowest BCUT2D eigenvalue weighted by molar-refractivity contribution is 0.0687. The van der Waals surface area contributed by atoms with Crippen LogP contribution in [0.2, 0.25) is 0 Å². The molecule has 3 aromatic carbocycles. The Balaban J connectivity index is 1.75. The summed E-state index contributed by atoms with van der Waals surface area (Å²) in [6, 6.07) is 18.9. The first kappa shape index (κ1) is 24.0. The minimum atomic E-state index is -4.07. The summed E-state index contributed by atoms with van der Waals surface area (Å²) in [7, 11) is -4.07. The van der Waals surface area contributed by atoms with E-state index in [4.69, 9.17) is 10.1 Å². The van der Waals surface area contributed by atoms with Gasteiger partial charge < -0.3 is 10.1 Å². The van der Waals surface area contributed by atoms with Gasteiger partial charge in [0, 0.05) is 5.56 Å². The fourth-order valence-electron chi connectivity index (χ4n) is 4.34. The molecule has 178 valence electrons. The zero-order chi connectivity index (χ0) is 24.6. The van der Waals surface area contributed by atoms with E-state index in [1.807, 2.05) is 30.3 Å². The van der Waals surface area contributed by atoms with Crippen LogP contribution < -0.4 is 5.32 Å². The first-order valence-electron chi connectivity index (χ1n) is 10.8. The summed E-state index contributed by atoms with van der Waals surface area (Å²) < 4.78 is 60.3. The van der Waals surface area contributed by atoms with Crippen molar-refractivity contribution in [3.63, 3.8) is 0 Å². The average Bonchev–Trinajstić information content (AvgIpc) is 2.78. The predicted molar refractivity (Wildman–Crippen MR) is 127 cm³/mol. The monoisotopic (exact) mass is 484 g/mol. The zero-order valence-corrected chi connectivity index (χ0v) is 19.8. The number of sulfone groups is 1. The smallest absolute Gasteiger partial charge is 0.169 e. The van der Waals surface area contributed by atoms with Gasteiger partial charge in [0.05, 0.1) is 19.0 Å². The van der Waals surface area contributed by atoms with Crippen molar-refractivity contribution in [3.05, 3.63) is 107 Å². The summed E-state index contributed by atoms with van der Waals surface area (Å²) in [6.45, 7) is 3.17. The largest absolute Gasteiger partial charge is 0.374 e. The lowest BCUT2D eigenvalue weighted by atomic mass is 9.88. The average molecular weight is 485 g/mol. The van der Waals surface area contributed by atoms with Gasteiger partial charge in [-0.3, -0.25) is 5.41 Å². The fourth-order valence-corrected chi connectivity index (χ4v) is 6.44. The minimum Gasteiger partial charge on any atom is -0.374 e. The summed E-state index contributed by atoms with van der Waals surface area (Å²) >= 11 is 0. The molecule has 0 bridgehead atoms. The van der Waals surface area contributed by atoms with Crippen molar-refractivity contribution in [2.45, 2.75) is 30.7 Å². The summed E-state index contributed by atoms with van der Waals surface area (Å²) in [5, 5.41) is 11.7. The molecule has 3 aromatic rings. The van der Waals surface area contributed by atoms with E-state index in [-0.39, 0.29) is 30.2 Å². The molecule has 1 fully saturated rings. The molecule has 1 aliphatic rings. The van der Waals surface area contributed by atoms with Gasteiger partial charge in [-0.2, -0.15) is 0 Å². The molecule has 2 N–H and O–H groups in total. The number of aryl methyl sites for hydroxylation is 1. The van der Waals surface area contributed by atoms with Crippen LogP contribution >= 0.6 is 0 Å². The van der Waals surface area contributed by atoms with Crippen molar-refractivity contribution in [1.82, 2.24) is 5.32 Å². The molecule has 0 amide bonds. The Bertz CT molecular complexity index is 1310. The van der Waals surface area contributed by atoms with Crippen molar-refractivity contribution < 1.29 is 21.9 Å². The third-order valence-electron chi connectivity index (χ3n) is 6.40. The molecule has 1 heterocycles. The van der Waals surface area contributed by atoms with E-state index in [1.54, 1.807) is 13.0 Å². The highest BCUT2D eigenvalue weighted by Gasteiger charge is 2.56. The maximum atomic E-state index is 15.2. The molecule has 0 aliphatic carbocycles. The number of hydrogen-bond acceptors (Lipinski definition) is 4. The molecule has 2 atom stereocenters. The van der Waals surface area contributed by atoms with Crippen LogP contribution in [0.1, 0.15) is 29.2 Å². The molecular formula is C26H26F2N2O3S. The molecule has 1 aliphatic heterocycles. The van der Waals surface area contributed by atoms with Gasteiger partial charge in [-0.05, 0) is 48.7 Å². The number of ether oxygens (including phenoxy) is 1. The van der Waals surface area contributed by atoms with Crippen molar-refractivity contribution in [2.75, 3.05) is 12.4 Å². The van der Waals surface area contributed by atoms with E-state index >= 15 is 4.39 Å². The minimum absolute atomic E-state index is 0.112. The second kappa shape index (κ2) is 8.92. The van der Waals surface area contributed by atoms with Gasteiger partial charge in [0.1, 0.15) is 23.0 Å². The Morgan fingerprint density at radius 1 is 1.03 bits per heavy atom. The van der Waals surface area contributed by atoms with E-state index in [9.17, 15) is 12.8 Å². The van der Waals surface area contributed by atoms with Gasteiger partial charge in [0.15, 0.2) is 14.6 Å². The maximum Gasteiger partial charge on any atom is 0.169 e. The number of benzene rings is 3. The van der Waals surface area contributed by atoms with Gasteiger partial charge >= 0.3 is 0 Å². The highest BCUT2D eigenvalue weighted by molar-refractivity contribution is 7.93. The van der Waals surface area contributed by atoms with Crippen molar-refractivity contribution in [1.29, 1.82) is 5.41 Å². The summed E-state index contributed by atoms with van der Waals surface area (Å²) in [5.41, 5.74) is 0.427. The normalized spacial score (nSPS) is 23.9. The van der Waals surface area contributed by atoms with Crippen LogP contribution in [0.25, 0.3) is 0 Å². The van der Waals surface area contributed by atoms with Gasteiger partial charge in [0.25, 0.3) is 0 Å². The van der Waals surface area contributed by atoms with Crippen molar-refractivity contribution >= 4 is 15.7 Å². The third-order valence-corrected chi connectivity index (χ3v) is 8.95. The first-order valence-corrected chi connectivity index (χ1v) is 12.5. The van der Waals surface area contributed by atoms with Crippen LogP contribution in [0.5, 0.6) is 0 Å². The van der Waals surface area contributed by atoms with Crippen LogP contribution in [0.4, 0.5) is 8.78 Å². The second-order valence-corrected chi connectivity index (χ2v) is 11.2. The van der Waals surface area contributed by atoms with E-state index < -0.39 is 37.5 Å². The van der Waals surface area contributed by atoms with E-state index in [2.05, 4.69) is 5.32 Å². The fraction of sp³-hybridized carbons (Fsp3) is 0.269. The van der Waals surface area contributed by atoms with Crippen LogP contribution in [-0.4, -0.2) is 26.6 Å². The molecule has 0 spiro atoms. The van der Waals surface area contributed by atoms with Gasteiger partial charge in [-0.25, -0.2) is 17.2 Å². The van der Waals surface area contributed by atoms with Gasteiger partial charge in [0.2, 0.25) is 0 Å². The summed E-state index contributed by atoms with van der Waals surface area (Å²) in [5.74, 6) is -1.92. The van der Waals surface area contributed by atoms with Crippen molar-refractivity contribution in [2.24, 2.45) is 0 Å². The van der Waals surface area contributed by atoms with Crippen molar-refractivity contribution in [3.8, 4) is 0 Å². The molecule has 34 heavy (non-hydrogen) atoms. The van der Waals surface area contributed by atoms with Crippen LogP contribution in [0, 0.1) is 24.0 Å². The van der Waals surface area contributed by atoms with Crippen LogP contribution in [-0.2, 0) is 31.5 Å². The molecule has 4 rings (SSSR count). The Morgan fingerprint density at radius 2 is 1.71 bits per heavy atom. The topological polar surface area (TPSA) is 79.2 Å². The second-order valence-electron chi connectivity index (χ2n) is 8.84. The van der Waals surface area contributed by atoms with Gasteiger partial charge in [-0.15, -0.1) is 0 Å². The molecule has 8 heteroatoms. The molecular weight excluding hydrogens is 458 g/mol. The lowest BCUT2D eigenvalue weighted by Crippen LogP contribution is -2.66. The summed E-state index contributed by atoms with van der Waals surface area (Å²) in [6.07, 6.45) is 0. The number of rotatable bonds is 6. The number of hydrogen-bond donors (Lipinski definition) is 2. The molecule has 0 aromatic heterocycles. The highest BCUT2D eigenvalue weighted by Crippen LogP contribution is 2.41. The Morgan fingerprint density at radius 3 is 2.32 bits per heavy atom. The lowest BCUT2D eigenvalue weighted by Gasteiger charge is -2.46. The quantitative estimate of drug-likeness (QED) is 0.536. The summed E-state index contributed by atoms with van der Waals surface area (Å²) in [4.78, 5) is 0. The number of amidine groups is 1. The molecule has 1 unspecified atom stereocenters. The molecule has 1 saturated heterocycles. The molecule has 5 nitrogen and oxygen atoms in total. The zero-order valence-electron chi connectivity index (χ0n) is 18.9. The SMILES string of the molecule is Cc1ccc([C@]2(COCc3ccccc3)CS(=O)(=O)C(C)(c3ccc(F)cc3)C(=N)N2)c(F)c1. The third kappa shape index (κ3) is 4.23. The van der Waals surface area contributed by atoms with Gasteiger partial charge in [-0.1, -0.05) is 54.6 Å². The van der Waals surface area contributed by atoms with Crippen LogP contribution in [0.3, 0.4) is 0 Å². The number of nitrogens with one attached hydrogen (secondary N) is 2. The number of halogens is 2. The van der Waals surface area contributed by atoms with E-state index in [0.717, 1.165) is 17.7 Å². The van der Waals surface area contributed by atoms with Crippen LogP contribution in [0.15, 0.2) is 72.8 Å². The van der Waals surface area contributed by atoms with E-state index in [1.165, 1.54) is 31.2 Å². The Kier molecular flexibility index (Phi) is 6.31. The first-order chi connectivity index (χ1) is 16.1. The molecule has 0 radical (unpaired) electrons. The standard InChI is InChI=1S/C26H26F2N2O3S/c1-18-8-13-22(23(28)14-18)26(16-33-15-19-6-4-3-5-7-19)17-34(31,32)25(2,24(29)30-26)20-9-11-21(27)12-10-20/h3-14H,15-17H2,1-2H3,(H2,29,30)/t25?,26-/m0/s1. The predicted octanol–water partition coefficient (Wildman–Crippen LogP) is 4.60. The Hall–Kier alpha value is -3.10. The maximum absolute atomic E-state index is 15.2.